The van der Waals surface area contributed by atoms with Crippen molar-refractivity contribution in [1.29, 1.82) is 0 Å². The van der Waals surface area contributed by atoms with E-state index in [9.17, 15) is 4.79 Å². The summed E-state index contributed by atoms with van der Waals surface area (Å²) < 4.78 is 5.55. The lowest BCUT2D eigenvalue weighted by Crippen LogP contribution is -2.53. The number of amides is 1. The van der Waals surface area contributed by atoms with Crippen LogP contribution in [0.25, 0.3) is 0 Å². The van der Waals surface area contributed by atoms with Gasteiger partial charge in [-0.2, -0.15) is 4.79 Å². The molecule has 0 bridgehead atoms. The van der Waals surface area contributed by atoms with Crippen molar-refractivity contribution < 1.29 is 14.0 Å². The standard InChI is InChI=1S/C15H21ClNO2/c1-3-19-15(18)17(2)9-7-12(8-10-17)13-5-4-6-14(16)11-13/h4-6,11-12H,3,7-10H2,1-2H3/q+1. The minimum absolute atomic E-state index is 0.105. The highest BCUT2D eigenvalue weighted by molar-refractivity contribution is 6.30. The third kappa shape index (κ3) is 3.28. The number of halogens is 1. The Hall–Kier alpha value is -1.06. The third-order valence-corrected chi connectivity index (χ3v) is 4.21. The highest BCUT2D eigenvalue weighted by atomic mass is 35.5. The number of hydrogen-bond donors (Lipinski definition) is 0. The van der Waals surface area contributed by atoms with Gasteiger partial charge in [-0.15, -0.1) is 0 Å². The third-order valence-electron chi connectivity index (χ3n) is 3.97. The van der Waals surface area contributed by atoms with Gasteiger partial charge in [0.05, 0.1) is 26.7 Å². The zero-order valence-corrected chi connectivity index (χ0v) is 12.3. The zero-order chi connectivity index (χ0) is 13.9. The summed E-state index contributed by atoms with van der Waals surface area (Å²) in [6, 6.07) is 8.04. The molecule has 19 heavy (non-hydrogen) atoms. The van der Waals surface area contributed by atoms with Crippen LogP contribution in [0.1, 0.15) is 31.2 Å². The molecule has 3 nitrogen and oxygen atoms in total. The molecule has 0 spiro atoms. The van der Waals surface area contributed by atoms with Crippen molar-refractivity contribution >= 4 is 17.7 Å². The Balaban J connectivity index is 2.01. The maximum absolute atomic E-state index is 11.9. The molecule has 104 valence electrons. The molecule has 0 saturated carbocycles. The molecule has 4 heteroatoms. The van der Waals surface area contributed by atoms with Gasteiger partial charge in [0.1, 0.15) is 0 Å². The second-order valence-corrected chi connectivity index (χ2v) is 5.81. The van der Waals surface area contributed by atoms with E-state index >= 15 is 0 Å². The van der Waals surface area contributed by atoms with E-state index in [-0.39, 0.29) is 6.09 Å². The molecular weight excluding hydrogens is 262 g/mol. The summed E-state index contributed by atoms with van der Waals surface area (Å²) in [5, 5.41) is 0.783. The van der Waals surface area contributed by atoms with E-state index < -0.39 is 0 Å². The van der Waals surface area contributed by atoms with Crippen LogP contribution in [0, 0.1) is 0 Å². The first-order valence-corrected chi connectivity index (χ1v) is 7.20. The summed E-state index contributed by atoms with van der Waals surface area (Å²) in [6.45, 7) is 3.96. The van der Waals surface area contributed by atoms with Gasteiger partial charge in [-0.1, -0.05) is 23.7 Å². The van der Waals surface area contributed by atoms with Gasteiger partial charge in [-0.25, -0.2) is 4.48 Å². The number of quaternary nitrogens is 1. The minimum Gasteiger partial charge on any atom is -0.420 e. The number of likely N-dealkylation sites (tertiary alicyclic amines) is 1. The van der Waals surface area contributed by atoms with Gasteiger partial charge < -0.3 is 4.74 Å². The first-order chi connectivity index (χ1) is 9.05. The first kappa shape index (κ1) is 14.4. The molecular formula is C15H21ClNO2+. The van der Waals surface area contributed by atoms with E-state index in [4.69, 9.17) is 16.3 Å². The van der Waals surface area contributed by atoms with Gasteiger partial charge in [-0.05, 0) is 30.5 Å². The van der Waals surface area contributed by atoms with E-state index in [1.54, 1.807) is 0 Å². The summed E-state index contributed by atoms with van der Waals surface area (Å²) in [6.07, 6.45) is 1.89. The van der Waals surface area contributed by atoms with Gasteiger partial charge in [0, 0.05) is 17.9 Å². The lowest BCUT2D eigenvalue weighted by atomic mass is 9.89. The molecule has 1 aliphatic heterocycles. The van der Waals surface area contributed by atoms with Crippen LogP contribution in [0.5, 0.6) is 0 Å². The number of hydrogen-bond acceptors (Lipinski definition) is 2. The van der Waals surface area contributed by atoms with Crippen molar-refractivity contribution in [2.45, 2.75) is 25.7 Å². The van der Waals surface area contributed by atoms with Gasteiger partial charge in [-0.3, -0.25) is 0 Å². The van der Waals surface area contributed by atoms with E-state index in [2.05, 4.69) is 6.07 Å². The van der Waals surface area contributed by atoms with Crippen LogP contribution in [-0.2, 0) is 4.74 Å². The lowest BCUT2D eigenvalue weighted by Gasteiger charge is -2.36. The topological polar surface area (TPSA) is 26.3 Å². The number of carbonyl (C=O) groups excluding carboxylic acids is 1. The Morgan fingerprint density at radius 2 is 2.11 bits per heavy atom. The number of nitrogens with zero attached hydrogens (tertiary/aromatic N) is 1. The summed E-state index contributed by atoms with van der Waals surface area (Å²) in [4.78, 5) is 11.9. The minimum atomic E-state index is -0.105. The lowest BCUT2D eigenvalue weighted by molar-refractivity contribution is -0.843. The van der Waals surface area contributed by atoms with Crippen LogP contribution in [0.4, 0.5) is 4.79 Å². The summed E-state index contributed by atoms with van der Waals surface area (Å²) >= 11 is 6.03. The predicted molar refractivity (Wildman–Crippen MR) is 76.4 cm³/mol. The molecule has 1 aliphatic rings. The Morgan fingerprint density at radius 1 is 1.42 bits per heavy atom. The molecule has 2 rings (SSSR count). The number of ether oxygens (including phenoxy) is 1. The molecule has 0 radical (unpaired) electrons. The van der Waals surface area contributed by atoms with E-state index in [1.165, 1.54) is 5.56 Å². The van der Waals surface area contributed by atoms with E-state index in [0.717, 1.165) is 31.0 Å². The van der Waals surface area contributed by atoms with Gasteiger partial charge in [0.25, 0.3) is 0 Å². The second-order valence-electron chi connectivity index (χ2n) is 5.37. The largest absolute Gasteiger partial charge is 0.515 e. The maximum Gasteiger partial charge on any atom is 0.515 e. The normalized spacial score (nSPS) is 27.0. The Labute approximate surface area is 119 Å². The predicted octanol–water partition coefficient (Wildman–Crippen LogP) is 3.82. The van der Waals surface area contributed by atoms with E-state index in [0.29, 0.717) is 17.0 Å². The molecule has 0 aromatic heterocycles. The molecule has 0 N–H and O–H groups in total. The van der Waals surface area contributed by atoms with Crippen molar-refractivity contribution in [2.75, 3.05) is 26.7 Å². The maximum atomic E-state index is 11.9. The van der Waals surface area contributed by atoms with Crippen molar-refractivity contribution in [3.05, 3.63) is 34.9 Å². The molecule has 0 aliphatic carbocycles. The number of piperidine rings is 1. The fourth-order valence-electron chi connectivity index (χ4n) is 2.69. The zero-order valence-electron chi connectivity index (χ0n) is 11.6. The highest BCUT2D eigenvalue weighted by Crippen LogP contribution is 2.32. The van der Waals surface area contributed by atoms with E-state index in [1.807, 2.05) is 32.2 Å². The Morgan fingerprint density at radius 3 is 2.68 bits per heavy atom. The average molecular weight is 283 g/mol. The monoisotopic (exact) mass is 282 g/mol. The fraction of sp³-hybridized carbons (Fsp3) is 0.533. The number of rotatable bonds is 2. The van der Waals surface area contributed by atoms with Crippen LogP contribution in [0.15, 0.2) is 24.3 Å². The summed E-state index contributed by atoms with van der Waals surface area (Å²) in [7, 11) is 1.96. The Bertz CT molecular complexity index is 453. The molecule has 1 fully saturated rings. The van der Waals surface area contributed by atoms with Crippen molar-refractivity contribution in [3.63, 3.8) is 0 Å². The van der Waals surface area contributed by atoms with Crippen molar-refractivity contribution in [1.82, 2.24) is 0 Å². The summed E-state index contributed by atoms with van der Waals surface area (Å²) in [5.74, 6) is 0.499. The summed E-state index contributed by atoms with van der Waals surface area (Å²) in [5.41, 5.74) is 1.28. The molecule has 1 heterocycles. The van der Waals surface area contributed by atoms with Gasteiger partial charge >= 0.3 is 6.09 Å². The fourth-order valence-corrected chi connectivity index (χ4v) is 2.89. The molecule has 0 unspecified atom stereocenters. The molecule has 0 atom stereocenters. The molecule has 1 aromatic rings. The number of benzene rings is 1. The average Bonchev–Trinajstić information content (AvgIpc) is 2.40. The molecule has 1 saturated heterocycles. The number of carbonyl (C=O) groups is 1. The van der Waals surface area contributed by atoms with Crippen molar-refractivity contribution in [3.8, 4) is 0 Å². The van der Waals surface area contributed by atoms with Crippen LogP contribution in [0.3, 0.4) is 0 Å². The quantitative estimate of drug-likeness (QED) is 0.771. The Kier molecular flexibility index (Phi) is 4.48. The first-order valence-electron chi connectivity index (χ1n) is 6.82. The van der Waals surface area contributed by atoms with Gasteiger partial charge in [0.15, 0.2) is 0 Å². The van der Waals surface area contributed by atoms with Crippen LogP contribution in [0.2, 0.25) is 5.02 Å². The van der Waals surface area contributed by atoms with Crippen molar-refractivity contribution in [2.24, 2.45) is 0 Å². The smallest absolute Gasteiger partial charge is 0.420 e. The van der Waals surface area contributed by atoms with Crippen LogP contribution < -0.4 is 0 Å². The van der Waals surface area contributed by atoms with Crippen LogP contribution in [-0.4, -0.2) is 37.3 Å². The molecule has 1 amide bonds. The molecule has 1 aromatic carbocycles. The van der Waals surface area contributed by atoms with Gasteiger partial charge in [0.2, 0.25) is 0 Å². The highest BCUT2D eigenvalue weighted by Gasteiger charge is 2.38. The second kappa shape index (κ2) is 5.93. The SMILES string of the molecule is CCOC(=O)[N+]1(C)CCC(c2cccc(Cl)c2)CC1. The van der Waals surface area contributed by atoms with Crippen LogP contribution >= 0.6 is 11.6 Å².